The van der Waals surface area contributed by atoms with Crippen LogP contribution in [0.4, 0.5) is 0 Å². The van der Waals surface area contributed by atoms with Gasteiger partial charge in [0.1, 0.15) is 0 Å². The van der Waals surface area contributed by atoms with Crippen molar-refractivity contribution >= 4 is 5.91 Å². The van der Waals surface area contributed by atoms with Crippen molar-refractivity contribution in [2.45, 2.75) is 56.7 Å². The highest BCUT2D eigenvalue weighted by molar-refractivity contribution is 5.77. The van der Waals surface area contributed by atoms with E-state index in [1.165, 1.54) is 5.56 Å². The summed E-state index contributed by atoms with van der Waals surface area (Å²) in [5, 5.41) is 4.40. The van der Waals surface area contributed by atoms with E-state index >= 15 is 0 Å². The predicted molar refractivity (Wildman–Crippen MR) is 88.9 cm³/mol. The Morgan fingerprint density at radius 3 is 2.43 bits per heavy atom. The maximum atomic E-state index is 12.7. The van der Waals surface area contributed by atoms with Crippen LogP contribution in [0.1, 0.15) is 43.7 Å². The number of hydrogen-bond acceptors (Lipinski definition) is 2. The lowest BCUT2D eigenvalue weighted by Gasteiger charge is -2.39. The normalized spacial score (nSPS) is 26.4. The topological polar surface area (TPSA) is 38.1 Å². The predicted octanol–water partition coefficient (Wildman–Crippen LogP) is 3.21. The molecular formula is C19H23N3O. The number of benzene rings is 1. The Kier molecular flexibility index (Phi) is 3.90. The molecule has 4 rings (SSSR count). The van der Waals surface area contributed by atoms with Gasteiger partial charge in [0.05, 0.1) is 6.04 Å². The summed E-state index contributed by atoms with van der Waals surface area (Å²) in [7, 11) is 0. The first-order valence-corrected chi connectivity index (χ1v) is 8.65. The summed E-state index contributed by atoms with van der Waals surface area (Å²) in [6, 6.07) is 13.6. The van der Waals surface area contributed by atoms with Crippen LogP contribution >= 0.6 is 0 Å². The Labute approximate surface area is 137 Å². The number of aromatic nitrogens is 2. The molecule has 3 heterocycles. The monoisotopic (exact) mass is 309 g/mol. The summed E-state index contributed by atoms with van der Waals surface area (Å²) >= 11 is 0. The molecule has 120 valence electrons. The average Bonchev–Trinajstić information content (AvgIpc) is 3.20. The van der Waals surface area contributed by atoms with Crippen molar-refractivity contribution in [1.29, 1.82) is 0 Å². The largest absolute Gasteiger partial charge is 0.337 e. The first-order valence-electron chi connectivity index (χ1n) is 8.65. The van der Waals surface area contributed by atoms with Gasteiger partial charge in [-0.1, -0.05) is 30.3 Å². The molecule has 4 heteroatoms. The smallest absolute Gasteiger partial charge is 0.223 e. The Morgan fingerprint density at radius 1 is 1.04 bits per heavy atom. The van der Waals surface area contributed by atoms with Crippen LogP contribution in [0.15, 0.2) is 48.8 Å². The van der Waals surface area contributed by atoms with Crippen LogP contribution in [-0.4, -0.2) is 32.7 Å². The first-order chi connectivity index (χ1) is 11.3. The van der Waals surface area contributed by atoms with Crippen LogP contribution in [0.3, 0.4) is 0 Å². The summed E-state index contributed by atoms with van der Waals surface area (Å²) in [6.45, 7) is 0. The number of carbonyl (C=O) groups excluding carboxylic acids is 1. The molecule has 0 radical (unpaired) electrons. The highest BCUT2D eigenvalue weighted by Gasteiger charge is 2.43. The molecule has 2 fully saturated rings. The molecular weight excluding hydrogens is 286 g/mol. The van der Waals surface area contributed by atoms with Gasteiger partial charge in [0.25, 0.3) is 0 Å². The maximum Gasteiger partial charge on any atom is 0.223 e. The molecule has 1 aromatic heterocycles. The number of nitrogens with zero attached hydrogens (tertiary/aromatic N) is 3. The van der Waals surface area contributed by atoms with Gasteiger partial charge in [-0.05, 0) is 43.7 Å². The molecule has 0 saturated carbocycles. The van der Waals surface area contributed by atoms with Gasteiger partial charge < -0.3 is 4.90 Å². The zero-order valence-corrected chi connectivity index (χ0v) is 13.3. The third-order valence-electron chi connectivity index (χ3n) is 5.37. The minimum absolute atomic E-state index is 0.334. The summed E-state index contributed by atoms with van der Waals surface area (Å²) in [5.74, 6) is 0.334. The minimum atomic E-state index is 0.334. The Bertz CT molecular complexity index is 639. The van der Waals surface area contributed by atoms with E-state index in [-0.39, 0.29) is 0 Å². The number of piperidine rings is 1. The molecule has 4 nitrogen and oxygen atoms in total. The molecule has 0 aliphatic carbocycles. The fourth-order valence-corrected chi connectivity index (χ4v) is 4.29. The molecule has 1 aromatic carbocycles. The van der Waals surface area contributed by atoms with Crippen LogP contribution in [-0.2, 0) is 11.2 Å². The van der Waals surface area contributed by atoms with Crippen molar-refractivity contribution in [3.05, 3.63) is 54.4 Å². The average molecular weight is 309 g/mol. The molecule has 23 heavy (non-hydrogen) atoms. The lowest BCUT2D eigenvalue weighted by molar-refractivity contribution is -0.136. The van der Waals surface area contributed by atoms with Gasteiger partial charge in [-0.15, -0.1) is 0 Å². The van der Waals surface area contributed by atoms with Crippen LogP contribution in [0.2, 0.25) is 0 Å². The van der Waals surface area contributed by atoms with E-state index in [4.69, 9.17) is 0 Å². The van der Waals surface area contributed by atoms with Gasteiger partial charge in [-0.3, -0.25) is 9.48 Å². The van der Waals surface area contributed by atoms with Crippen LogP contribution < -0.4 is 0 Å². The Balaban J connectivity index is 1.39. The standard InChI is InChI=1S/C19H23N3O/c23-19(10-7-15-5-2-1-3-6-15)22-16-8-9-17(22)14-18(13-16)21-12-4-11-20-21/h1-6,11-12,16-18H,7-10,13-14H2. The summed E-state index contributed by atoms with van der Waals surface area (Å²) in [5.41, 5.74) is 1.25. The number of amides is 1. The zero-order chi connectivity index (χ0) is 15.6. The number of rotatable bonds is 4. The number of aryl methyl sites for hydroxylation is 1. The van der Waals surface area contributed by atoms with Crippen LogP contribution in [0.25, 0.3) is 0 Å². The van der Waals surface area contributed by atoms with Gasteiger partial charge in [0.2, 0.25) is 5.91 Å². The van der Waals surface area contributed by atoms with Crippen molar-refractivity contribution in [2.75, 3.05) is 0 Å². The Morgan fingerprint density at radius 2 is 1.78 bits per heavy atom. The lowest BCUT2D eigenvalue weighted by Crippen LogP contribution is -2.47. The van der Waals surface area contributed by atoms with Gasteiger partial charge >= 0.3 is 0 Å². The SMILES string of the molecule is O=C(CCc1ccccc1)N1C2CCC1CC(n1cccn1)C2. The second-order valence-corrected chi connectivity index (χ2v) is 6.78. The van der Waals surface area contributed by atoms with Crippen molar-refractivity contribution < 1.29 is 4.79 Å². The minimum Gasteiger partial charge on any atom is -0.337 e. The fraction of sp³-hybridized carbons (Fsp3) is 0.474. The van der Waals surface area contributed by atoms with Crippen LogP contribution in [0.5, 0.6) is 0 Å². The van der Waals surface area contributed by atoms with Crippen molar-refractivity contribution in [3.8, 4) is 0 Å². The first kappa shape index (κ1) is 14.5. The van der Waals surface area contributed by atoms with Crippen molar-refractivity contribution in [1.82, 2.24) is 14.7 Å². The highest BCUT2D eigenvalue weighted by Crippen LogP contribution is 2.40. The van der Waals surface area contributed by atoms with Gasteiger partial charge in [-0.25, -0.2) is 0 Å². The second kappa shape index (κ2) is 6.19. The van der Waals surface area contributed by atoms with Crippen molar-refractivity contribution in [2.24, 2.45) is 0 Å². The maximum absolute atomic E-state index is 12.7. The van der Waals surface area contributed by atoms with E-state index in [1.807, 2.05) is 30.5 Å². The molecule has 2 saturated heterocycles. The fourth-order valence-electron chi connectivity index (χ4n) is 4.29. The van der Waals surface area contributed by atoms with E-state index in [2.05, 4.69) is 33.0 Å². The van der Waals surface area contributed by atoms with E-state index in [0.717, 1.165) is 32.1 Å². The van der Waals surface area contributed by atoms with Gasteiger partial charge in [-0.2, -0.15) is 5.10 Å². The molecule has 2 unspecified atom stereocenters. The molecule has 2 aromatic rings. The van der Waals surface area contributed by atoms with Crippen LogP contribution in [0, 0.1) is 0 Å². The molecule has 2 aliphatic rings. The zero-order valence-electron chi connectivity index (χ0n) is 13.3. The number of fused-ring (bicyclic) bond motifs is 2. The van der Waals surface area contributed by atoms with E-state index in [1.54, 1.807) is 0 Å². The highest BCUT2D eigenvalue weighted by atomic mass is 16.2. The molecule has 2 bridgehead atoms. The lowest BCUT2D eigenvalue weighted by atomic mass is 9.96. The second-order valence-electron chi connectivity index (χ2n) is 6.78. The molecule has 0 N–H and O–H groups in total. The summed E-state index contributed by atoms with van der Waals surface area (Å²) < 4.78 is 2.08. The number of carbonyl (C=O) groups is 1. The Hall–Kier alpha value is -2.10. The quantitative estimate of drug-likeness (QED) is 0.870. The van der Waals surface area contributed by atoms with Gasteiger partial charge in [0, 0.05) is 30.9 Å². The van der Waals surface area contributed by atoms with E-state index < -0.39 is 0 Å². The summed E-state index contributed by atoms with van der Waals surface area (Å²) in [6.07, 6.45) is 9.78. The van der Waals surface area contributed by atoms with Crippen molar-refractivity contribution in [3.63, 3.8) is 0 Å². The summed E-state index contributed by atoms with van der Waals surface area (Å²) in [4.78, 5) is 14.9. The van der Waals surface area contributed by atoms with E-state index in [9.17, 15) is 4.79 Å². The van der Waals surface area contributed by atoms with E-state index in [0.29, 0.717) is 30.5 Å². The third kappa shape index (κ3) is 2.90. The molecule has 2 aliphatic heterocycles. The van der Waals surface area contributed by atoms with Gasteiger partial charge in [0.15, 0.2) is 0 Å². The number of hydrogen-bond donors (Lipinski definition) is 0. The third-order valence-corrected chi connectivity index (χ3v) is 5.37. The molecule has 2 atom stereocenters. The molecule has 1 amide bonds. The molecule has 0 spiro atoms.